The number of nitrogens with one attached hydrogen (secondary N) is 1. The molecule has 0 spiro atoms. The minimum absolute atomic E-state index is 0.353. The van der Waals surface area contributed by atoms with Crippen LogP contribution >= 0.6 is 0 Å². The molecule has 2 aromatic carbocycles. The van der Waals surface area contributed by atoms with Gasteiger partial charge in [-0.2, -0.15) is 0 Å². The van der Waals surface area contributed by atoms with Crippen molar-refractivity contribution in [2.24, 2.45) is 0 Å². The van der Waals surface area contributed by atoms with Crippen LogP contribution < -0.4 is 14.8 Å². The van der Waals surface area contributed by atoms with Crippen molar-refractivity contribution in [2.75, 3.05) is 13.2 Å². The molecule has 21 heavy (non-hydrogen) atoms. The van der Waals surface area contributed by atoms with E-state index in [0.29, 0.717) is 12.1 Å². The van der Waals surface area contributed by atoms with Crippen LogP contribution in [0.3, 0.4) is 0 Å². The summed E-state index contributed by atoms with van der Waals surface area (Å²) >= 11 is 0. The maximum absolute atomic E-state index is 5.75. The van der Waals surface area contributed by atoms with Crippen molar-refractivity contribution >= 4 is 0 Å². The summed E-state index contributed by atoms with van der Waals surface area (Å²) in [5, 5.41) is 3.81. The number of benzene rings is 2. The third-order valence-corrected chi connectivity index (χ3v) is 4.32. The van der Waals surface area contributed by atoms with E-state index in [1.807, 2.05) is 12.1 Å². The van der Waals surface area contributed by atoms with Crippen LogP contribution in [0, 0.1) is 0 Å². The second kappa shape index (κ2) is 5.41. The maximum atomic E-state index is 5.75. The van der Waals surface area contributed by atoms with Gasteiger partial charge in [-0.15, -0.1) is 0 Å². The van der Waals surface area contributed by atoms with Gasteiger partial charge in [-0.05, 0) is 12.1 Å². The lowest BCUT2D eigenvalue weighted by Gasteiger charge is -2.33. The van der Waals surface area contributed by atoms with Crippen LogP contribution in [0.25, 0.3) is 0 Å². The van der Waals surface area contributed by atoms with E-state index in [0.717, 1.165) is 37.6 Å². The zero-order valence-electron chi connectivity index (χ0n) is 11.9. The van der Waals surface area contributed by atoms with Gasteiger partial charge in [0.2, 0.25) is 0 Å². The first-order valence-corrected chi connectivity index (χ1v) is 7.61. The van der Waals surface area contributed by atoms with E-state index in [9.17, 15) is 0 Å². The van der Waals surface area contributed by atoms with E-state index in [-0.39, 0.29) is 0 Å². The normalized spacial score (nSPS) is 23.4. The largest absolute Gasteiger partial charge is 0.493 e. The lowest BCUT2D eigenvalue weighted by atomic mass is 9.95. The molecule has 3 nitrogen and oxygen atoms in total. The molecule has 4 rings (SSSR count). The van der Waals surface area contributed by atoms with Crippen LogP contribution in [0.1, 0.15) is 36.1 Å². The summed E-state index contributed by atoms with van der Waals surface area (Å²) in [5.41, 5.74) is 2.54. The maximum Gasteiger partial charge on any atom is 0.124 e. The molecule has 108 valence electrons. The molecule has 2 heterocycles. The molecule has 2 atom stereocenters. The highest BCUT2D eigenvalue weighted by atomic mass is 16.5. The summed E-state index contributed by atoms with van der Waals surface area (Å²) in [6.45, 7) is 1.55. The molecule has 0 fully saturated rings. The molecule has 2 aliphatic rings. The van der Waals surface area contributed by atoms with Crippen LogP contribution in [0.15, 0.2) is 48.5 Å². The van der Waals surface area contributed by atoms with Gasteiger partial charge in [0.05, 0.1) is 13.2 Å². The van der Waals surface area contributed by atoms with Gasteiger partial charge in [0, 0.05) is 36.1 Å². The molecule has 0 saturated carbocycles. The molecule has 0 amide bonds. The molecular weight excluding hydrogens is 262 g/mol. The van der Waals surface area contributed by atoms with Crippen molar-refractivity contribution < 1.29 is 9.47 Å². The Bertz CT molecular complexity index is 585. The van der Waals surface area contributed by atoms with Crippen LogP contribution in [-0.4, -0.2) is 13.2 Å². The van der Waals surface area contributed by atoms with Gasteiger partial charge >= 0.3 is 0 Å². The van der Waals surface area contributed by atoms with Crippen molar-refractivity contribution in [3.8, 4) is 11.5 Å². The highest BCUT2D eigenvalue weighted by Crippen LogP contribution is 2.37. The van der Waals surface area contributed by atoms with E-state index in [2.05, 4.69) is 41.7 Å². The summed E-state index contributed by atoms with van der Waals surface area (Å²) < 4.78 is 11.5. The fraction of sp³-hybridized carbons (Fsp3) is 0.333. The van der Waals surface area contributed by atoms with Crippen LogP contribution in [0.5, 0.6) is 11.5 Å². The Morgan fingerprint density at radius 3 is 1.71 bits per heavy atom. The van der Waals surface area contributed by atoms with Gasteiger partial charge in [-0.1, -0.05) is 36.4 Å². The molecule has 0 bridgehead atoms. The fourth-order valence-electron chi connectivity index (χ4n) is 3.27. The smallest absolute Gasteiger partial charge is 0.124 e. The summed E-state index contributed by atoms with van der Waals surface area (Å²) in [6, 6.07) is 17.4. The summed E-state index contributed by atoms with van der Waals surface area (Å²) in [5.74, 6) is 2.03. The molecule has 0 saturated heterocycles. The Morgan fingerprint density at radius 1 is 0.714 bits per heavy atom. The molecule has 3 heteroatoms. The molecule has 2 aromatic rings. The monoisotopic (exact) mass is 281 g/mol. The van der Waals surface area contributed by atoms with Crippen molar-refractivity contribution in [1.82, 2.24) is 5.32 Å². The Balaban J connectivity index is 1.61. The predicted molar refractivity (Wildman–Crippen MR) is 81.7 cm³/mol. The van der Waals surface area contributed by atoms with Crippen LogP contribution in [-0.2, 0) is 0 Å². The zero-order valence-corrected chi connectivity index (χ0v) is 11.9. The summed E-state index contributed by atoms with van der Waals surface area (Å²) in [6.07, 6.45) is 2.02. The molecule has 0 radical (unpaired) electrons. The van der Waals surface area contributed by atoms with E-state index in [1.165, 1.54) is 11.1 Å². The molecule has 0 aromatic heterocycles. The second-order valence-corrected chi connectivity index (χ2v) is 5.62. The number of rotatable bonds is 2. The van der Waals surface area contributed by atoms with Gasteiger partial charge in [0.1, 0.15) is 11.5 Å². The third kappa shape index (κ3) is 2.38. The molecule has 1 unspecified atom stereocenters. The Hall–Kier alpha value is -2.00. The van der Waals surface area contributed by atoms with E-state index >= 15 is 0 Å². The van der Waals surface area contributed by atoms with Gasteiger partial charge < -0.3 is 14.8 Å². The standard InChI is InChI=1S/C18H19NO2/c1-3-7-17-13(5-1)15(9-11-20-17)19-16-10-12-21-18-8-4-2-6-14(16)18/h1-8,15-16,19H,9-12H2/t15-,16?/m1/s1. The highest BCUT2D eigenvalue weighted by Gasteiger charge is 2.27. The van der Waals surface area contributed by atoms with Crippen LogP contribution in [0.2, 0.25) is 0 Å². The van der Waals surface area contributed by atoms with Crippen molar-refractivity contribution in [1.29, 1.82) is 0 Å². The third-order valence-electron chi connectivity index (χ3n) is 4.32. The summed E-state index contributed by atoms with van der Waals surface area (Å²) in [4.78, 5) is 0. The minimum atomic E-state index is 0.353. The summed E-state index contributed by atoms with van der Waals surface area (Å²) in [7, 11) is 0. The fourth-order valence-corrected chi connectivity index (χ4v) is 3.27. The molecular formula is C18H19NO2. The van der Waals surface area contributed by atoms with E-state index in [4.69, 9.17) is 9.47 Å². The van der Waals surface area contributed by atoms with Gasteiger partial charge in [-0.25, -0.2) is 0 Å². The first-order valence-electron chi connectivity index (χ1n) is 7.61. The Labute approximate surface area is 124 Å². The van der Waals surface area contributed by atoms with Gasteiger partial charge in [-0.3, -0.25) is 0 Å². The van der Waals surface area contributed by atoms with Crippen molar-refractivity contribution in [3.05, 3.63) is 59.7 Å². The van der Waals surface area contributed by atoms with Crippen molar-refractivity contribution in [2.45, 2.75) is 24.9 Å². The quantitative estimate of drug-likeness (QED) is 0.912. The predicted octanol–water partition coefficient (Wildman–Crippen LogP) is 3.62. The van der Waals surface area contributed by atoms with E-state index < -0.39 is 0 Å². The van der Waals surface area contributed by atoms with Gasteiger partial charge in [0.25, 0.3) is 0 Å². The lowest BCUT2D eigenvalue weighted by molar-refractivity contribution is 0.214. The molecule has 1 N–H and O–H groups in total. The average molecular weight is 281 g/mol. The van der Waals surface area contributed by atoms with Crippen LogP contribution in [0.4, 0.5) is 0 Å². The Kier molecular flexibility index (Phi) is 3.28. The lowest BCUT2D eigenvalue weighted by Crippen LogP contribution is -2.33. The number of ether oxygens (including phenoxy) is 2. The first-order chi connectivity index (χ1) is 10.4. The number of hydrogen-bond donors (Lipinski definition) is 1. The Morgan fingerprint density at radius 2 is 1.19 bits per heavy atom. The van der Waals surface area contributed by atoms with Crippen molar-refractivity contribution in [3.63, 3.8) is 0 Å². The second-order valence-electron chi connectivity index (χ2n) is 5.62. The number of fused-ring (bicyclic) bond motifs is 2. The molecule has 0 aliphatic carbocycles. The van der Waals surface area contributed by atoms with E-state index in [1.54, 1.807) is 0 Å². The zero-order chi connectivity index (χ0) is 14.1. The SMILES string of the molecule is c1ccc2c(c1)OCCC2N[C@@H]1CCOc2ccccc21. The van der Waals surface area contributed by atoms with Gasteiger partial charge in [0.15, 0.2) is 0 Å². The first kappa shape index (κ1) is 12.7. The molecule has 2 aliphatic heterocycles. The number of hydrogen-bond acceptors (Lipinski definition) is 3. The highest BCUT2D eigenvalue weighted by molar-refractivity contribution is 5.40. The topological polar surface area (TPSA) is 30.5 Å². The average Bonchev–Trinajstić information content (AvgIpc) is 2.56. The number of para-hydroxylation sites is 2. The minimum Gasteiger partial charge on any atom is -0.493 e.